The first-order valence-electron chi connectivity index (χ1n) is 7.59. The van der Waals surface area contributed by atoms with Gasteiger partial charge in [-0.2, -0.15) is 0 Å². The largest absolute Gasteiger partial charge is 0.490 e. The molecule has 1 nitrogen and oxygen atoms in total. The fourth-order valence-electron chi connectivity index (χ4n) is 2.32. The highest BCUT2D eigenvalue weighted by atomic mass is 32.2. The summed E-state index contributed by atoms with van der Waals surface area (Å²) in [4.78, 5) is 0. The van der Waals surface area contributed by atoms with Gasteiger partial charge in [-0.05, 0) is 47.3 Å². The van der Waals surface area contributed by atoms with Gasteiger partial charge >= 0.3 is 0 Å². The van der Waals surface area contributed by atoms with Crippen molar-refractivity contribution in [1.82, 2.24) is 0 Å². The third-order valence-electron chi connectivity index (χ3n) is 3.41. The monoisotopic (exact) mass is 328 g/mol. The van der Waals surface area contributed by atoms with Gasteiger partial charge in [0, 0.05) is 0 Å². The molecule has 0 unspecified atom stereocenters. The molecule has 0 atom stereocenters. The average molecular weight is 329 g/mol. The number of thioether (sulfide) groups is 2. The van der Waals surface area contributed by atoms with Crippen LogP contribution >= 0.6 is 23.5 Å². The van der Waals surface area contributed by atoms with Crippen LogP contribution in [0.15, 0.2) is 60.7 Å². The van der Waals surface area contributed by atoms with Gasteiger partial charge in [0.1, 0.15) is 12.4 Å². The van der Waals surface area contributed by atoms with Crippen LogP contribution in [0.5, 0.6) is 5.75 Å². The van der Waals surface area contributed by atoms with Gasteiger partial charge in [0.2, 0.25) is 0 Å². The smallest absolute Gasteiger partial charge is 0.120 e. The van der Waals surface area contributed by atoms with E-state index < -0.39 is 0 Å². The lowest BCUT2D eigenvalue weighted by molar-refractivity contribution is 0.363. The van der Waals surface area contributed by atoms with E-state index in [-0.39, 0.29) is 0 Å². The lowest BCUT2D eigenvalue weighted by Crippen LogP contribution is -2.01. The van der Waals surface area contributed by atoms with Gasteiger partial charge < -0.3 is 4.74 Å². The van der Waals surface area contributed by atoms with Crippen LogP contribution in [0.25, 0.3) is 6.08 Å². The van der Waals surface area contributed by atoms with E-state index in [4.69, 9.17) is 4.74 Å². The minimum atomic E-state index is 0.567. The summed E-state index contributed by atoms with van der Waals surface area (Å²) in [7, 11) is 0. The molecule has 2 aromatic rings. The fourth-order valence-corrected chi connectivity index (χ4v) is 5.20. The average Bonchev–Trinajstić information content (AvgIpc) is 2.61. The molecule has 3 rings (SSSR count). The standard InChI is InChI=1S/C19H20OS2/c1-2-7-16(8-3-1)9-5-12-20-18-11-4-10-17(15-18)19-21-13-6-14-22-19/h1-5,7-11,15,19H,6,12-14H2/b9-5+. The summed E-state index contributed by atoms with van der Waals surface area (Å²) in [6, 6.07) is 18.8. The van der Waals surface area contributed by atoms with Crippen molar-refractivity contribution < 1.29 is 4.74 Å². The van der Waals surface area contributed by atoms with Gasteiger partial charge in [-0.3, -0.25) is 0 Å². The van der Waals surface area contributed by atoms with Crippen molar-refractivity contribution >= 4 is 29.6 Å². The zero-order valence-corrected chi connectivity index (χ0v) is 14.1. The summed E-state index contributed by atoms with van der Waals surface area (Å²) >= 11 is 4.09. The third kappa shape index (κ3) is 4.59. The maximum atomic E-state index is 5.85. The Morgan fingerprint density at radius 3 is 2.64 bits per heavy atom. The van der Waals surface area contributed by atoms with Crippen molar-refractivity contribution in [3.63, 3.8) is 0 Å². The van der Waals surface area contributed by atoms with Gasteiger partial charge in [-0.25, -0.2) is 0 Å². The predicted molar refractivity (Wildman–Crippen MR) is 99.7 cm³/mol. The van der Waals surface area contributed by atoms with Crippen LogP contribution in [0.4, 0.5) is 0 Å². The molecule has 114 valence electrons. The topological polar surface area (TPSA) is 9.23 Å². The van der Waals surface area contributed by atoms with Crippen LogP contribution in [0.2, 0.25) is 0 Å². The Morgan fingerprint density at radius 2 is 1.82 bits per heavy atom. The zero-order chi connectivity index (χ0) is 15.0. The molecule has 3 heteroatoms. The minimum absolute atomic E-state index is 0.567. The van der Waals surface area contributed by atoms with Crippen molar-refractivity contribution in [3.05, 3.63) is 71.8 Å². The van der Waals surface area contributed by atoms with E-state index in [0.717, 1.165) is 5.75 Å². The van der Waals surface area contributed by atoms with Gasteiger partial charge in [0.15, 0.2) is 0 Å². The fraction of sp³-hybridized carbons (Fsp3) is 0.263. The number of benzene rings is 2. The van der Waals surface area contributed by atoms with Crippen LogP contribution < -0.4 is 4.74 Å². The summed E-state index contributed by atoms with van der Waals surface area (Å²) in [6.07, 6.45) is 5.48. The molecule has 1 heterocycles. The molecule has 1 fully saturated rings. The van der Waals surface area contributed by atoms with Crippen LogP contribution in [0.1, 0.15) is 22.1 Å². The number of hydrogen-bond donors (Lipinski definition) is 0. The Balaban J connectivity index is 1.55. The Hall–Kier alpha value is -1.32. The summed E-state index contributed by atoms with van der Waals surface area (Å²) in [5.74, 6) is 3.49. The molecule has 0 aliphatic carbocycles. The molecule has 0 N–H and O–H groups in total. The normalized spacial score (nSPS) is 16.0. The molecule has 2 aromatic carbocycles. The van der Waals surface area contributed by atoms with E-state index in [1.165, 1.54) is 29.1 Å². The lowest BCUT2D eigenvalue weighted by Gasteiger charge is -2.21. The van der Waals surface area contributed by atoms with Gasteiger partial charge in [0.25, 0.3) is 0 Å². The highest BCUT2D eigenvalue weighted by Gasteiger charge is 2.16. The zero-order valence-electron chi connectivity index (χ0n) is 12.5. The Labute approximate surface area is 141 Å². The second-order valence-corrected chi connectivity index (χ2v) is 7.85. The summed E-state index contributed by atoms with van der Waals surface area (Å²) in [6.45, 7) is 0.600. The van der Waals surface area contributed by atoms with E-state index in [2.05, 4.69) is 42.5 Å². The van der Waals surface area contributed by atoms with Gasteiger partial charge in [0.05, 0.1) is 4.58 Å². The molecule has 22 heavy (non-hydrogen) atoms. The van der Waals surface area contributed by atoms with Crippen molar-refractivity contribution in [2.75, 3.05) is 18.1 Å². The maximum absolute atomic E-state index is 5.85. The molecule has 1 aliphatic heterocycles. The second-order valence-electron chi connectivity index (χ2n) is 5.12. The quantitative estimate of drug-likeness (QED) is 0.702. The Bertz CT molecular complexity index is 604. The van der Waals surface area contributed by atoms with E-state index in [1.807, 2.05) is 47.8 Å². The molecule has 1 aliphatic rings. The molecular formula is C19H20OS2. The first kappa shape index (κ1) is 15.6. The molecule has 0 amide bonds. The van der Waals surface area contributed by atoms with Crippen molar-refractivity contribution in [2.24, 2.45) is 0 Å². The maximum Gasteiger partial charge on any atom is 0.120 e. The molecule has 0 bridgehead atoms. The lowest BCUT2D eigenvalue weighted by atomic mass is 10.2. The molecular weight excluding hydrogens is 308 g/mol. The third-order valence-corrected chi connectivity index (χ3v) is 6.43. The number of ether oxygens (including phenoxy) is 1. The van der Waals surface area contributed by atoms with E-state index in [1.54, 1.807) is 0 Å². The number of rotatable bonds is 5. The molecule has 0 spiro atoms. The van der Waals surface area contributed by atoms with Gasteiger partial charge in [-0.15, -0.1) is 23.5 Å². The number of hydrogen-bond acceptors (Lipinski definition) is 3. The molecule has 0 saturated carbocycles. The predicted octanol–water partition coefficient (Wildman–Crippen LogP) is 5.65. The highest BCUT2D eigenvalue weighted by molar-refractivity contribution is 8.16. The SMILES string of the molecule is C(=C\c1ccccc1)/COc1cccc(C2SCCCS2)c1. The highest BCUT2D eigenvalue weighted by Crippen LogP contribution is 2.44. The molecule has 1 saturated heterocycles. The van der Waals surface area contributed by atoms with Crippen LogP contribution in [0.3, 0.4) is 0 Å². The van der Waals surface area contributed by atoms with Crippen LogP contribution in [-0.4, -0.2) is 18.1 Å². The molecule has 0 radical (unpaired) electrons. The molecule has 0 aromatic heterocycles. The Kier molecular flexibility index (Phi) is 5.91. The van der Waals surface area contributed by atoms with E-state index in [0.29, 0.717) is 11.2 Å². The van der Waals surface area contributed by atoms with Crippen LogP contribution in [0, 0.1) is 0 Å². The van der Waals surface area contributed by atoms with E-state index in [9.17, 15) is 0 Å². The summed E-state index contributed by atoms with van der Waals surface area (Å²) in [5, 5.41) is 0. The Morgan fingerprint density at radius 1 is 1.00 bits per heavy atom. The van der Waals surface area contributed by atoms with Gasteiger partial charge in [-0.1, -0.05) is 48.5 Å². The first-order chi connectivity index (χ1) is 10.9. The first-order valence-corrected chi connectivity index (χ1v) is 9.69. The van der Waals surface area contributed by atoms with Crippen molar-refractivity contribution in [1.29, 1.82) is 0 Å². The van der Waals surface area contributed by atoms with Crippen molar-refractivity contribution in [3.8, 4) is 5.75 Å². The van der Waals surface area contributed by atoms with Crippen molar-refractivity contribution in [2.45, 2.75) is 11.0 Å². The summed E-state index contributed by atoms with van der Waals surface area (Å²) in [5.41, 5.74) is 2.58. The summed E-state index contributed by atoms with van der Waals surface area (Å²) < 4.78 is 6.42. The second kappa shape index (κ2) is 8.35. The van der Waals surface area contributed by atoms with Crippen LogP contribution in [-0.2, 0) is 0 Å². The van der Waals surface area contributed by atoms with E-state index >= 15 is 0 Å². The minimum Gasteiger partial charge on any atom is -0.490 e.